The van der Waals surface area contributed by atoms with Gasteiger partial charge in [-0.3, -0.25) is 4.90 Å². The first-order valence-corrected chi connectivity index (χ1v) is 9.84. The van der Waals surface area contributed by atoms with Gasteiger partial charge in [-0.05, 0) is 55.3 Å². The van der Waals surface area contributed by atoms with Gasteiger partial charge in [0.05, 0.1) is 13.7 Å². The van der Waals surface area contributed by atoms with Crippen LogP contribution in [0.25, 0.3) is 0 Å². The number of ether oxygens (including phenoxy) is 2. The number of nitrogens with zero attached hydrogens (tertiary/aromatic N) is 2. The molecule has 156 valence electrons. The van der Waals surface area contributed by atoms with Crippen molar-refractivity contribution in [3.63, 3.8) is 0 Å². The summed E-state index contributed by atoms with van der Waals surface area (Å²) in [4.78, 5) is 16.6. The fourth-order valence-electron chi connectivity index (χ4n) is 3.42. The van der Waals surface area contributed by atoms with Crippen LogP contribution in [-0.2, 0) is 6.54 Å². The molecule has 0 radical (unpaired) electrons. The highest BCUT2D eigenvalue weighted by molar-refractivity contribution is 5.89. The van der Waals surface area contributed by atoms with Crippen LogP contribution in [0, 0.1) is 12.7 Å². The molecule has 0 spiro atoms. The number of benzene rings is 2. The van der Waals surface area contributed by atoms with Crippen molar-refractivity contribution < 1.29 is 18.7 Å². The molecule has 0 atom stereocenters. The van der Waals surface area contributed by atoms with Crippen molar-refractivity contribution in [2.24, 2.45) is 0 Å². The van der Waals surface area contributed by atoms with Crippen molar-refractivity contribution in [1.29, 1.82) is 0 Å². The number of amides is 2. The van der Waals surface area contributed by atoms with E-state index in [0.717, 1.165) is 35.7 Å². The third-order valence-corrected chi connectivity index (χ3v) is 5.01. The van der Waals surface area contributed by atoms with Crippen LogP contribution in [0.5, 0.6) is 11.5 Å². The zero-order valence-corrected chi connectivity index (χ0v) is 17.2. The zero-order chi connectivity index (χ0) is 20.8. The van der Waals surface area contributed by atoms with Gasteiger partial charge < -0.3 is 19.7 Å². The van der Waals surface area contributed by atoms with Gasteiger partial charge in [-0.1, -0.05) is 6.07 Å². The second-order valence-corrected chi connectivity index (χ2v) is 7.08. The van der Waals surface area contributed by atoms with E-state index in [1.807, 2.05) is 38.1 Å². The van der Waals surface area contributed by atoms with Gasteiger partial charge in [0.25, 0.3) is 0 Å². The number of carbonyl (C=O) groups is 1. The van der Waals surface area contributed by atoms with E-state index in [2.05, 4.69) is 10.2 Å². The molecule has 1 fully saturated rings. The summed E-state index contributed by atoms with van der Waals surface area (Å²) in [7, 11) is 1.46. The van der Waals surface area contributed by atoms with Crippen molar-refractivity contribution in [2.75, 3.05) is 45.2 Å². The van der Waals surface area contributed by atoms with Crippen LogP contribution in [-0.4, -0.2) is 55.7 Å². The van der Waals surface area contributed by atoms with E-state index >= 15 is 0 Å². The molecule has 2 aromatic rings. The average Bonchev–Trinajstić information content (AvgIpc) is 2.71. The van der Waals surface area contributed by atoms with Gasteiger partial charge in [0.2, 0.25) is 0 Å². The van der Waals surface area contributed by atoms with Gasteiger partial charge in [-0.25, -0.2) is 9.18 Å². The van der Waals surface area contributed by atoms with Crippen LogP contribution in [0.4, 0.5) is 14.9 Å². The number of methoxy groups -OCH3 is 1. The summed E-state index contributed by atoms with van der Waals surface area (Å²) in [5.41, 5.74) is 2.64. The lowest BCUT2D eigenvalue weighted by Gasteiger charge is -2.34. The number of aryl methyl sites for hydroxylation is 1. The third-order valence-electron chi connectivity index (χ3n) is 5.01. The normalized spacial score (nSPS) is 14.6. The number of urea groups is 1. The number of carbonyl (C=O) groups excluding carboxylic acids is 1. The number of rotatable bonds is 6. The maximum atomic E-state index is 13.9. The molecule has 1 aliphatic heterocycles. The number of hydrogen-bond donors (Lipinski definition) is 1. The van der Waals surface area contributed by atoms with Crippen molar-refractivity contribution in [3.8, 4) is 11.5 Å². The van der Waals surface area contributed by atoms with Crippen LogP contribution < -0.4 is 14.8 Å². The Morgan fingerprint density at radius 2 is 1.83 bits per heavy atom. The standard InChI is InChI=1S/C22H28FN3O3/c1-4-29-20-8-6-18(13-16(20)2)24-22(27)26-11-9-25(10-12-26)15-17-5-7-21(28-3)19(23)14-17/h5-8,13-14H,4,9-12,15H2,1-3H3,(H,24,27). The second kappa shape index (κ2) is 9.60. The van der Waals surface area contributed by atoms with Crippen LogP contribution in [0.2, 0.25) is 0 Å². The number of anilines is 1. The predicted octanol–water partition coefficient (Wildman–Crippen LogP) is 3.89. The van der Waals surface area contributed by atoms with Gasteiger partial charge in [0, 0.05) is 38.4 Å². The Hall–Kier alpha value is -2.80. The first-order valence-electron chi connectivity index (χ1n) is 9.84. The summed E-state index contributed by atoms with van der Waals surface area (Å²) in [6.45, 7) is 7.89. The number of piperazine rings is 1. The molecule has 1 saturated heterocycles. The minimum absolute atomic E-state index is 0.108. The van der Waals surface area contributed by atoms with E-state index in [0.29, 0.717) is 26.2 Å². The minimum Gasteiger partial charge on any atom is -0.494 e. The highest BCUT2D eigenvalue weighted by Gasteiger charge is 2.21. The van der Waals surface area contributed by atoms with Crippen molar-refractivity contribution in [1.82, 2.24) is 9.80 Å². The smallest absolute Gasteiger partial charge is 0.321 e. The predicted molar refractivity (Wildman–Crippen MR) is 111 cm³/mol. The van der Waals surface area contributed by atoms with Gasteiger partial charge in [-0.15, -0.1) is 0 Å². The maximum Gasteiger partial charge on any atom is 0.321 e. The van der Waals surface area contributed by atoms with Crippen LogP contribution >= 0.6 is 0 Å². The summed E-state index contributed by atoms with van der Waals surface area (Å²) >= 11 is 0. The fourth-order valence-corrected chi connectivity index (χ4v) is 3.42. The second-order valence-electron chi connectivity index (χ2n) is 7.08. The molecule has 0 aliphatic carbocycles. The molecule has 1 heterocycles. The lowest BCUT2D eigenvalue weighted by Crippen LogP contribution is -2.49. The number of halogens is 1. The fraction of sp³-hybridized carbons (Fsp3) is 0.409. The largest absolute Gasteiger partial charge is 0.494 e. The van der Waals surface area contributed by atoms with Gasteiger partial charge >= 0.3 is 6.03 Å². The summed E-state index contributed by atoms with van der Waals surface area (Å²) in [6.07, 6.45) is 0. The average molecular weight is 401 g/mol. The van der Waals surface area contributed by atoms with E-state index in [1.54, 1.807) is 11.0 Å². The Bertz CT molecular complexity index is 851. The number of hydrogen-bond acceptors (Lipinski definition) is 4. The van der Waals surface area contributed by atoms with E-state index in [1.165, 1.54) is 13.2 Å². The SMILES string of the molecule is CCOc1ccc(NC(=O)N2CCN(Cc3ccc(OC)c(F)c3)CC2)cc1C. The summed E-state index contributed by atoms with van der Waals surface area (Å²) in [5, 5.41) is 2.96. The van der Waals surface area contributed by atoms with Crippen molar-refractivity contribution in [2.45, 2.75) is 20.4 Å². The molecule has 0 unspecified atom stereocenters. The summed E-state index contributed by atoms with van der Waals surface area (Å²) in [5.74, 6) is 0.725. The molecule has 0 saturated carbocycles. The third kappa shape index (κ3) is 5.38. The molecule has 0 aromatic heterocycles. The van der Waals surface area contributed by atoms with E-state index in [4.69, 9.17) is 9.47 Å². The van der Waals surface area contributed by atoms with Crippen molar-refractivity contribution >= 4 is 11.7 Å². The summed E-state index contributed by atoms with van der Waals surface area (Å²) < 4.78 is 24.4. The van der Waals surface area contributed by atoms with E-state index in [9.17, 15) is 9.18 Å². The highest BCUT2D eigenvalue weighted by Crippen LogP contribution is 2.23. The Labute approximate surface area is 171 Å². The molecule has 29 heavy (non-hydrogen) atoms. The topological polar surface area (TPSA) is 54.0 Å². The molecule has 2 aromatic carbocycles. The number of nitrogens with one attached hydrogen (secondary N) is 1. The van der Waals surface area contributed by atoms with Crippen molar-refractivity contribution in [3.05, 3.63) is 53.3 Å². The monoisotopic (exact) mass is 401 g/mol. The molecule has 1 aliphatic rings. The zero-order valence-electron chi connectivity index (χ0n) is 17.2. The highest BCUT2D eigenvalue weighted by atomic mass is 19.1. The van der Waals surface area contributed by atoms with Gasteiger partial charge in [0.1, 0.15) is 5.75 Å². The molecule has 7 heteroatoms. The molecule has 6 nitrogen and oxygen atoms in total. The Morgan fingerprint density at radius 1 is 1.10 bits per heavy atom. The Balaban J connectivity index is 1.50. The lowest BCUT2D eigenvalue weighted by atomic mass is 10.2. The maximum absolute atomic E-state index is 13.9. The minimum atomic E-state index is -0.353. The first kappa shape index (κ1) is 20.9. The lowest BCUT2D eigenvalue weighted by molar-refractivity contribution is 0.143. The molecule has 0 bridgehead atoms. The van der Waals surface area contributed by atoms with Gasteiger partial charge in [0.15, 0.2) is 11.6 Å². The summed E-state index contributed by atoms with van der Waals surface area (Å²) in [6, 6.07) is 10.6. The van der Waals surface area contributed by atoms with Crippen LogP contribution in [0.3, 0.4) is 0 Å². The molecular weight excluding hydrogens is 373 g/mol. The quantitative estimate of drug-likeness (QED) is 0.798. The molecular formula is C22H28FN3O3. The first-order chi connectivity index (χ1) is 14.0. The Morgan fingerprint density at radius 3 is 2.45 bits per heavy atom. The molecule has 2 amide bonds. The van der Waals surface area contributed by atoms with Gasteiger partial charge in [-0.2, -0.15) is 0 Å². The van der Waals surface area contributed by atoms with E-state index < -0.39 is 0 Å². The Kier molecular flexibility index (Phi) is 6.93. The molecule has 3 rings (SSSR count). The van der Waals surface area contributed by atoms with Crippen LogP contribution in [0.15, 0.2) is 36.4 Å². The van der Waals surface area contributed by atoms with Crippen LogP contribution in [0.1, 0.15) is 18.1 Å². The van der Waals surface area contributed by atoms with E-state index in [-0.39, 0.29) is 17.6 Å². The molecule has 1 N–H and O–H groups in total.